The highest BCUT2D eigenvalue weighted by atomic mass is 19.1. The number of ketones is 1. The third-order valence-corrected chi connectivity index (χ3v) is 5.70. The second-order valence-corrected chi connectivity index (χ2v) is 7.82. The van der Waals surface area contributed by atoms with E-state index in [1.165, 1.54) is 17.8 Å². The van der Waals surface area contributed by atoms with E-state index in [1.54, 1.807) is 6.20 Å². The van der Waals surface area contributed by atoms with Gasteiger partial charge in [0.05, 0.1) is 29.1 Å². The predicted octanol–water partition coefficient (Wildman–Crippen LogP) is 5.40. The third-order valence-electron chi connectivity index (χ3n) is 5.70. The largest absolute Gasteiger partial charge is 0.294 e. The molecule has 0 N–H and O–H groups in total. The van der Waals surface area contributed by atoms with Crippen LogP contribution >= 0.6 is 0 Å². The van der Waals surface area contributed by atoms with Crippen molar-refractivity contribution in [1.29, 1.82) is 0 Å². The fraction of sp³-hybridized carbons (Fsp3) is 0.154. The van der Waals surface area contributed by atoms with Gasteiger partial charge < -0.3 is 0 Å². The van der Waals surface area contributed by atoms with Crippen LogP contribution < -0.4 is 0 Å². The van der Waals surface area contributed by atoms with E-state index in [1.807, 2.05) is 18.3 Å². The van der Waals surface area contributed by atoms with Gasteiger partial charge in [-0.25, -0.2) is 8.78 Å². The van der Waals surface area contributed by atoms with Crippen molar-refractivity contribution in [3.63, 3.8) is 0 Å². The van der Waals surface area contributed by atoms with Gasteiger partial charge in [0.2, 0.25) is 0 Å². The van der Waals surface area contributed by atoms with Gasteiger partial charge in [-0.15, -0.1) is 0 Å². The van der Waals surface area contributed by atoms with Gasteiger partial charge in [-0.05, 0) is 54.7 Å². The minimum absolute atomic E-state index is 0.208. The van der Waals surface area contributed by atoms with Crippen molar-refractivity contribution in [2.24, 2.45) is 0 Å². The highest BCUT2D eigenvalue weighted by Gasteiger charge is 2.21. The number of benzene rings is 2. The maximum absolute atomic E-state index is 14.0. The van der Waals surface area contributed by atoms with Crippen molar-refractivity contribution in [3.8, 4) is 22.4 Å². The number of fused-ring (bicyclic) bond motifs is 3. The van der Waals surface area contributed by atoms with Crippen molar-refractivity contribution in [2.45, 2.75) is 25.7 Å². The summed E-state index contributed by atoms with van der Waals surface area (Å²) in [6.45, 7) is 0. The van der Waals surface area contributed by atoms with Gasteiger partial charge in [0.25, 0.3) is 0 Å². The van der Waals surface area contributed by atoms with E-state index in [-0.39, 0.29) is 6.42 Å². The van der Waals surface area contributed by atoms with E-state index in [9.17, 15) is 13.6 Å². The van der Waals surface area contributed by atoms with E-state index >= 15 is 0 Å². The lowest BCUT2D eigenvalue weighted by Gasteiger charge is -2.12. The molecule has 0 bridgehead atoms. The lowest BCUT2D eigenvalue weighted by molar-refractivity contribution is 0.0983. The highest BCUT2D eigenvalue weighted by Crippen LogP contribution is 2.33. The molecule has 0 unspecified atom stereocenters. The Labute approximate surface area is 184 Å². The summed E-state index contributed by atoms with van der Waals surface area (Å²) in [6, 6.07) is 13.6. The van der Waals surface area contributed by atoms with Crippen LogP contribution in [0, 0.1) is 11.6 Å². The molecule has 0 atom stereocenters. The first kappa shape index (κ1) is 20.1. The normalized spacial score (nSPS) is 12.6. The summed E-state index contributed by atoms with van der Waals surface area (Å²) < 4.78 is 27.9. The van der Waals surface area contributed by atoms with E-state index < -0.39 is 23.0 Å². The van der Waals surface area contributed by atoms with Crippen LogP contribution in [0.1, 0.15) is 33.7 Å². The van der Waals surface area contributed by atoms with Gasteiger partial charge in [-0.1, -0.05) is 24.3 Å². The summed E-state index contributed by atoms with van der Waals surface area (Å²) in [5, 5.41) is 0. The molecule has 0 amide bonds. The van der Waals surface area contributed by atoms with Gasteiger partial charge in [-0.3, -0.25) is 19.7 Å². The number of aryl methyl sites for hydroxylation is 2. The summed E-state index contributed by atoms with van der Waals surface area (Å²) in [5.74, 6) is -2.38. The van der Waals surface area contributed by atoms with Crippen molar-refractivity contribution in [3.05, 3.63) is 101 Å². The average Bonchev–Trinajstić information content (AvgIpc) is 2.98. The zero-order chi connectivity index (χ0) is 22.1. The maximum Gasteiger partial charge on any atom is 0.174 e. The number of pyridine rings is 1. The number of Topliss-reactive ketones (excluding diaryl/α,β-unsaturated/α-hetero) is 1. The Morgan fingerprint density at radius 2 is 1.78 bits per heavy atom. The fourth-order valence-electron chi connectivity index (χ4n) is 4.14. The Bertz CT molecular complexity index is 1300. The van der Waals surface area contributed by atoms with Crippen LogP contribution in [0.15, 0.2) is 67.1 Å². The number of halogens is 2. The Balaban J connectivity index is 1.50. The van der Waals surface area contributed by atoms with Crippen LogP contribution in [0.3, 0.4) is 0 Å². The highest BCUT2D eigenvalue weighted by molar-refractivity contribution is 5.97. The molecule has 5 rings (SSSR count). The zero-order valence-corrected chi connectivity index (χ0v) is 17.2. The molecular weight excluding hydrogens is 408 g/mol. The molecule has 158 valence electrons. The SMILES string of the molecule is O=C(Cc1cnc2c(n1)CCCc1ccc(-c3cccnc3)cc1-2)c1c(F)cccc1F. The smallest absolute Gasteiger partial charge is 0.174 e. The van der Waals surface area contributed by atoms with Gasteiger partial charge in [-0.2, -0.15) is 0 Å². The van der Waals surface area contributed by atoms with Crippen molar-refractivity contribution in [2.75, 3.05) is 0 Å². The second kappa shape index (κ2) is 8.38. The second-order valence-electron chi connectivity index (χ2n) is 7.82. The van der Waals surface area contributed by atoms with Crippen LogP contribution in [0.2, 0.25) is 0 Å². The summed E-state index contributed by atoms with van der Waals surface area (Å²) in [4.78, 5) is 26.0. The number of carbonyl (C=O) groups is 1. The van der Waals surface area contributed by atoms with Crippen molar-refractivity contribution in [1.82, 2.24) is 15.0 Å². The molecular formula is C26H19F2N3O. The molecule has 2 heterocycles. The van der Waals surface area contributed by atoms with Crippen molar-refractivity contribution >= 4 is 5.78 Å². The number of hydrogen-bond acceptors (Lipinski definition) is 4. The molecule has 0 saturated carbocycles. The monoisotopic (exact) mass is 427 g/mol. The molecule has 4 nitrogen and oxygen atoms in total. The number of carbonyl (C=O) groups excluding carboxylic acids is 1. The first-order valence-electron chi connectivity index (χ1n) is 10.5. The van der Waals surface area contributed by atoms with E-state index in [0.29, 0.717) is 5.69 Å². The molecule has 0 aliphatic heterocycles. The number of aromatic nitrogens is 3. The first-order chi connectivity index (χ1) is 15.6. The standard InChI is InChI=1S/C26H19F2N3O/c27-21-6-2-7-22(28)25(21)24(32)13-19-15-30-26-20-12-17(18-5-3-11-29-14-18)10-9-16(20)4-1-8-23(26)31-19/h2-3,5-7,9-12,14-15H,1,4,8,13H2. The lowest BCUT2D eigenvalue weighted by atomic mass is 9.97. The van der Waals surface area contributed by atoms with E-state index in [0.717, 1.165) is 59.5 Å². The molecule has 1 aliphatic carbocycles. The Morgan fingerprint density at radius 1 is 0.938 bits per heavy atom. The summed E-state index contributed by atoms with van der Waals surface area (Å²) in [6.07, 6.45) is 7.40. The molecule has 6 heteroatoms. The number of hydrogen-bond donors (Lipinski definition) is 0. The molecule has 0 spiro atoms. The Kier molecular flexibility index (Phi) is 5.27. The molecule has 2 aromatic carbocycles. The molecule has 0 radical (unpaired) electrons. The fourth-order valence-corrected chi connectivity index (χ4v) is 4.14. The zero-order valence-electron chi connectivity index (χ0n) is 17.2. The van der Waals surface area contributed by atoms with Gasteiger partial charge >= 0.3 is 0 Å². The number of rotatable bonds is 4. The first-order valence-corrected chi connectivity index (χ1v) is 10.5. The molecule has 1 aliphatic rings. The van der Waals surface area contributed by atoms with Gasteiger partial charge in [0, 0.05) is 29.7 Å². The summed E-state index contributed by atoms with van der Waals surface area (Å²) in [7, 11) is 0. The van der Waals surface area contributed by atoms with Crippen molar-refractivity contribution < 1.29 is 13.6 Å². The summed E-state index contributed by atoms with van der Waals surface area (Å²) in [5.41, 5.74) is 5.73. The molecule has 0 fully saturated rings. The molecule has 4 aromatic rings. The van der Waals surface area contributed by atoms with E-state index in [4.69, 9.17) is 0 Å². The quantitative estimate of drug-likeness (QED) is 0.409. The lowest BCUT2D eigenvalue weighted by Crippen LogP contribution is -2.11. The topological polar surface area (TPSA) is 55.7 Å². The van der Waals surface area contributed by atoms with Crippen LogP contribution in [-0.4, -0.2) is 20.7 Å². The Hall–Kier alpha value is -3.80. The minimum atomic E-state index is -0.866. The van der Waals surface area contributed by atoms with Crippen LogP contribution in [0.25, 0.3) is 22.4 Å². The molecule has 0 saturated heterocycles. The molecule has 2 aromatic heterocycles. The average molecular weight is 427 g/mol. The Morgan fingerprint density at radius 3 is 2.56 bits per heavy atom. The van der Waals surface area contributed by atoms with Crippen LogP contribution in [0.5, 0.6) is 0 Å². The van der Waals surface area contributed by atoms with Gasteiger partial charge in [0.15, 0.2) is 5.78 Å². The summed E-state index contributed by atoms with van der Waals surface area (Å²) >= 11 is 0. The van der Waals surface area contributed by atoms with Crippen LogP contribution in [-0.2, 0) is 19.3 Å². The predicted molar refractivity (Wildman–Crippen MR) is 117 cm³/mol. The maximum atomic E-state index is 14.0. The third kappa shape index (κ3) is 3.80. The van der Waals surface area contributed by atoms with E-state index in [2.05, 4.69) is 33.2 Å². The van der Waals surface area contributed by atoms with Crippen LogP contribution in [0.4, 0.5) is 8.78 Å². The number of nitrogens with zero attached hydrogens (tertiary/aromatic N) is 3. The minimum Gasteiger partial charge on any atom is -0.294 e. The molecule has 32 heavy (non-hydrogen) atoms. The van der Waals surface area contributed by atoms with Gasteiger partial charge in [0.1, 0.15) is 11.6 Å².